The molecule has 0 amide bonds. The molecular formula is C13H20N4. The summed E-state index contributed by atoms with van der Waals surface area (Å²) in [5.74, 6) is 6.14. The van der Waals surface area contributed by atoms with E-state index in [9.17, 15) is 0 Å². The van der Waals surface area contributed by atoms with Gasteiger partial charge in [0.15, 0.2) is 0 Å². The van der Waals surface area contributed by atoms with E-state index in [1.54, 1.807) is 0 Å². The molecule has 1 atom stereocenters. The Morgan fingerprint density at radius 3 is 2.53 bits per heavy atom. The predicted octanol–water partition coefficient (Wildman–Crippen LogP) is 1.63. The molecule has 1 aliphatic carbocycles. The van der Waals surface area contributed by atoms with Crippen molar-refractivity contribution in [2.24, 2.45) is 10.8 Å². The van der Waals surface area contributed by atoms with Gasteiger partial charge in [-0.25, -0.2) is 10.8 Å². The van der Waals surface area contributed by atoms with Crippen LogP contribution in [0.1, 0.15) is 36.9 Å². The van der Waals surface area contributed by atoms with Gasteiger partial charge in [0.05, 0.1) is 12.1 Å². The molecule has 17 heavy (non-hydrogen) atoms. The number of hydrogen-bond donors (Lipinski definition) is 3. The Morgan fingerprint density at radius 1 is 1.35 bits per heavy atom. The van der Waals surface area contributed by atoms with Crippen LogP contribution in [0, 0.1) is 6.92 Å². The Bertz CT molecular complexity index is 392. The number of guanidine groups is 1. The molecule has 4 N–H and O–H groups in total. The van der Waals surface area contributed by atoms with Crippen LogP contribution in [0.3, 0.4) is 0 Å². The molecule has 1 aliphatic rings. The van der Waals surface area contributed by atoms with Gasteiger partial charge in [-0.05, 0) is 32.3 Å². The molecule has 1 saturated carbocycles. The molecule has 0 radical (unpaired) electrons. The van der Waals surface area contributed by atoms with Crippen molar-refractivity contribution in [3.05, 3.63) is 35.4 Å². The number of rotatable bonds is 3. The zero-order valence-corrected chi connectivity index (χ0v) is 10.4. The summed E-state index contributed by atoms with van der Waals surface area (Å²) in [5, 5.41) is 3.29. The van der Waals surface area contributed by atoms with Crippen LogP contribution in [-0.2, 0) is 0 Å². The third kappa shape index (κ3) is 3.46. The number of nitrogens with two attached hydrogens (primary N) is 1. The lowest BCUT2D eigenvalue weighted by Crippen LogP contribution is -2.42. The number of hydrazine groups is 1. The molecule has 4 nitrogen and oxygen atoms in total. The summed E-state index contributed by atoms with van der Waals surface area (Å²) in [6.45, 7) is 4.19. The third-order valence-corrected chi connectivity index (χ3v) is 2.93. The summed E-state index contributed by atoms with van der Waals surface area (Å²) >= 11 is 0. The highest BCUT2D eigenvalue weighted by Gasteiger charge is 2.21. The van der Waals surface area contributed by atoms with E-state index in [1.807, 2.05) is 0 Å². The van der Waals surface area contributed by atoms with Gasteiger partial charge in [0.2, 0.25) is 5.96 Å². The van der Waals surface area contributed by atoms with Crippen LogP contribution < -0.4 is 16.6 Å². The minimum atomic E-state index is 0.198. The van der Waals surface area contributed by atoms with E-state index >= 15 is 0 Å². The molecule has 0 bridgehead atoms. The first kappa shape index (κ1) is 11.9. The first-order valence-corrected chi connectivity index (χ1v) is 6.06. The van der Waals surface area contributed by atoms with Gasteiger partial charge in [0.25, 0.3) is 0 Å². The first-order valence-electron chi connectivity index (χ1n) is 6.06. The van der Waals surface area contributed by atoms with E-state index in [1.165, 1.54) is 24.0 Å². The van der Waals surface area contributed by atoms with E-state index in [0.717, 1.165) is 0 Å². The van der Waals surface area contributed by atoms with Crippen molar-refractivity contribution in [1.29, 1.82) is 0 Å². The normalized spacial score (nSPS) is 17.7. The van der Waals surface area contributed by atoms with Crippen molar-refractivity contribution >= 4 is 5.96 Å². The zero-order valence-electron chi connectivity index (χ0n) is 10.4. The molecule has 0 spiro atoms. The SMILES string of the molecule is Cc1ccc(C(C)NC(=NC2CC2)NN)cc1. The highest BCUT2D eigenvalue weighted by molar-refractivity contribution is 5.80. The number of aryl methyl sites for hydroxylation is 1. The lowest BCUT2D eigenvalue weighted by atomic mass is 10.1. The zero-order chi connectivity index (χ0) is 12.3. The van der Waals surface area contributed by atoms with Crippen molar-refractivity contribution in [2.45, 2.75) is 38.8 Å². The smallest absolute Gasteiger partial charge is 0.206 e. The number of aliphatic imine (C=N–C) groups is 1. The fourth-order valence-corrected chi connectivity index (χ4v) is 1.65. The highest BCUT2D eigenvalue weighted by Crippen LogP contribution is 2.23. The molecule has 1 aromatic rings. The Balaban J connectivity index is 1.99. The maximum absolute atomic E-state index is 5.46. The summed E-state index contributed by atoms with van der Waals surface area (Å²) in [6.07, 6.45) is 2.34. The molecule has 1 unspecified atom stereocenters. The Morgan fingerprint density at radius 2 is 2.00 bits per heavy atom. The van der Waals surface area contributed by atoms with Crippen molar-refractivity contribution < 1.29 is 0 Å². The number of nitrogens with one attached hydrogen (secondary N) is 2. The van der Waals surface area contributed by atoms with Gasteiger partial charge >= 0.3 is 0 Å². The second-order valence-electron chi connectivity index (χ2n) is 4.63. The number of benzene rings is 1. The Kier molecular flexibility index (Phi) is 3.64. The van der Waals surface area contributed by atoms with Crippen LogP contribution in [0.15, 0.2) is 29.3 Å². The van der Waals surface area contributed by atoms with Crippen LogP contribution >= 0.6 is 0 Å². The molecule has 1 fully saturated rings. The highest BCUT2D eigenvalue weighted by atomic mass is 15.3. The third-order valence-electron chi connectivity index (χ3n) is 2.93. The molecule has 0 heterocycles. The average molecular weight is 232 g/mol. The Labute approximate surface area is 102 Å². The second kappa shape index (κ2) is 5.19. The molecular weight excluding hydrogens is 212 g/mol. The molecule has 4 heteroatoms. The van der Waals surface area contributed by atoms with Crippen LogP contribution in [0.4, 0.5) is 0 Å². The van der Waals surface area contributed by atoms with Gasteiger partial charge in [-0.3, -0.25) is 5.43 Å². The second-order valence-corrected chi connectivity index (χ2v) is 4.63. The van der Waals surface area contributed by atoms with Crippen molar-refractivity contribution in [3.63, 3.8) is 0 Å². The fourth-order valence-electron chi connectivity index (χ4n) is 1.65. The Hall–Kier alpha value is -1.55. The van der Waals surface area contributed by atoms with Crippen molar-refractivity contribution in [1.82, 2.24) is 10.7 Å². The number of nitrogens with zero attached hydrogens (tertiary/aromatic N) is 1. The van der Waals surface area contributed by atoms with Gasteiger partial charge in [-0.15, -0.1) is 0 Å². The molecule has 0 saturated heterocycles. The lowest BCUT2D eigenvalue weighted by molar-refractivity contribution is 0.687. The number of hydrogen-bond acceptors (Lipinski definition) is 2. The van der Waals surface area contributed by atoms with Gasteiger partial charge in [0, 0.05) is 0 Å². The van der Waals surface area contributed by atoms with E-state index in [0.29, 0.717) is 12.0 Å². The molecule has 2 rings (SSSR count). The van der Waals surface area contributed by atoms with E-state index in [-0.39, 0.29) is 6.04 Å². The minimum Gasteiger partial charge on any atom is -0.349 e. The van der Waals surface area contributed by atoms with Gasteiger partial charge in [-0.2, -0.15) is 0 Å². The summed E-state index contributed by atoms with van der Waals surface area (Å²) in [7, 11) is 0. The van der Waals surface area contributed by atoms with E-state index < -0.39 is 0 Å². The van der Waals surface area contributed by atoms with Crippen molar-refractivity contribution in [3.8, 4) is 0 Å². The van der Waals surface area contributed by atoms with Crippen molar-refractivity contribution in [2.75, 3.05) is 0 Å². The quantitative estimate of drug-likeness (QED) is 0.321. The first-order chi connectivity index (χ1) is 8.19. The summed E-state index contributed by atoms with van der Waals surface area (Å²) < 4.78 is 0. The van der Waals surface area contributed by atoms with Crippen LogP contribution in [0.25, 0.3) is 0 Å². The maximum Gasteiger partial charge on any atom is 0.206 e. The average Bonchev–Trinajstić information content (AvgIpc) is 3.13. The van der Waals surface area contributed by atoms with E-state index in [2.05, 4.69) is 53.8 Å². The molecule has 0 aliphatic heterocycles. The predicted molar refractivity (Wildman–Crippen MR) is 70.5 cm³/mol. The fraction of sp³-hybridized carbons (Fsp3) is 0.462. The monoisotopic (exact) mass is 232 g/mol. The summed E-state index contributed by atoms with van der Waals surface area (Å²) in [5.41, 5.74) is 5.12. The van der Waals surface area contributed by atoms with Gasteiger partial charge < -0.3 is 5.32 Å². The van der Waals surface area contributed by atoms with Crippen LogP contribution in [-0.4, -0.2) is 12.0 Å². The largest absolute Gasteiger partial charge is 0.349 e. The summed E-state index contributed by atoms with van der Waals surface area (Å²) in [6, 6.07) is 9.13. The minimum absolute atomic E-state index is 0.198. The van der Waals surface area contributed by atoms with Gasteiger partial charge in [0.1, 0.15) is 0 Å². The van der Waals surface area contributed by atoms with Crippen LogP contribution in [0.2, 0.25) is 0 Å². The summed E-state index contributed by atoms with van der Waals surface area (Å²) in [4.78, 5) is 4.46. The van der Waals surface area contributed by atoms with Gasteiger partial charge in [-0.1, -0.05) is 29.8 Å². The molecule has 0 aromatic heterocycles. The lowest BCUT2D eigenvalue weighted by Gasteiger charge is -2.17. The molecule has 92 valence electrons. The topological polar surface area (TPSA) is 62.4 Å². The standard InChI is InChI=1S/C13H20N4/c1-9-3-5-11(6-4-9)10(2)15-13(17-14)16-12-7-8-12/h3-6,10,12H,7-8,14H2,1-2H3,(H2,15,16,17). The maximum atomic E-state index is 5.46. The van der Waals surface area contributed by atoms with E-state index in [4.69, 9.17) is 5.84 Å². The van der Waals surface area contributed by atoms with Crippen LogP contribution in [0.5, 0.6) is 0 Å². The molecule has 1 aromatic carbocycles.